The molecule has 1 aromatic heterocycles. The van der Waals surface area contributed by atoms with Crippen LogP contribution >= 0.6 is 0 Å². The van der Waals surface area contributed by atoms with Gasteiger partial charge in [-0.25, -0.2) is 4.99 Å². The van der Waals surface area contributed by atoms with Gasteiger partial charge in [-0.05, 0) is 36.8 Å². The first-order valence-electron chi connectivity index (χ1n) is 10.8. The molecule has 1 aliphatic rings. The Hall–Kier alpha value is -3.00. The fourth-order valence-electron chi connectivity index (χ4n) is 3.40. The number of hydrogen-bond acceptors (Lipinski definition) is 5. The Kier molecular flexibility index (Phi) is 8.78. The number of carbonyl (C=O) groups is 1. The number of ether oxygens (including phenoxy) is 2. The Morgan fingerprint density at radius 3 is 2.65 bits per heavy atom. The van der Waals surface area contributed by atoms with Crippen molar-refractivity contribution < 1.29 is 18.7 Å². The molecule has 1 aliphatic heterocycles. The molecule has 1 N–H and O–H groups in total. The summed E-state index contributed by atoms with van der Waals surface area (Å²) >= 11 is 0. The maximum atomic E-state index is 12.5. The van der Waals surface area contributed by atoms with Crippen LogP contribution in [0.3, 0.4) is 0 Å². The lowest BCUT2D eigenvalue weighted by atomic mass is 10.2. The van der Waals surface area contributed by atoms with E-state index >= 15 is 0 Å². The monoisotopic (exact) mass is 428 g/mol. The van der Waals surface area contributed by atoms with Crippen LogP contribution in [0.5, 0.6) is 5.75 Å². The first kappa shape index (κ1) is 22.7. The predicted octanol–water partition coefficient (Wildman–Crippen LogP) is 2.62. The third-order valence-electron chi connectivity index (χ3n) is 5.00. The van der Waals surface area contributed by atoms with Crippen molar-refractivity contribution in [1.82, 2.24) is 15.1 Å². The quantitative estimate of drug-likeness (QED) is 0.376. The van der Waals surface area contributed by atoms with Crippen LogP contribution in [0.1, 0.15) is 29.5 Å². The number of nitrogens with one attached hydrogen (secondary N) is 1. The average Bonchev–Trinajstić information content (AvgIpc) is 3.34. The molecule has 3 rings (SSSR count). The Morgan fingerprint density at radius 1 is 1.13 bits per heavy atom. The van der Waals surface area contributed by atoms with Gasteiger partial charge in [0.15, 0.2) is 11.7 Å². The Bertz CT molecular complexity index is 830. The highest BCUT2D eigenvalue weighted by Gasteiger charge is 2.25. The number of rotatable bonds is 9. The molecule has 0 radical (unpaired) electrons. The second kappa shape index (κ2) is 12.0. The molecule has 168 valence electrons. The molecule has 0 bridgehead atoms. The molecule has 1 fully saturated rings. The molecule has 0 saturated carbocycles. The molecular weight excluding hydrogens is 396 g/mol. The standard InChI is InChI=1S/C23H32N4O4/c1-3-24-23(25-18-19-7-4-8-20(17-19)30-16-6-14-29-2)27-12-10-26(11-13-27)22(28)21-9-5-15-31-21/h4-5,7-9,15,17H,3,6,10-14,16,18H2,1-2H3,(H,24,25). The molecule has 8 heteroatoms. The van der Waals surface area contributed by atoms with E-state index in [-0.39, 0.29) is 5.91 Å². The van der Waals surface area contributed by atoms with Gasteiger partial charge >= 0.3 is 0 Å². The SMILES string of the molecule is CCNC(=NCc1cccc(OCCCOC)c1)N1CCN(C(=O)c2ccco2)CC1. The normalized spacial score (nSPS) is 14.6. The topological polar surface area (TPSA) is 79.5 Å². The van der Waals surface area contributed by atoms with Crippen molar-refractivity contribution in [3.8, 4) is 5.75 Å². The van der Waals surface area contributed by atoms with Gasteiger partial charge in [0.25, 0.3) is 5.91 Å². The molecule has 2 aromatic rings. The molecule has 0 aliphatic carbocycles. The van der Waals surface area contributed by atoms with E-state index in [4.69, 9.17) is 18.9 Å². The number of carbonyl (C=O) groups excluding carboxylic acids is 1. The van der Waals surface area contributed by atoms with Crippen molar-refractivity contribution in [2.24, 2.45) is 4.99 Å². The van der Waals surface area contributed by atoms with E-state index in [2.05, 4.69) is 23.2 Å². The van der Waals surface area contributed by atoms with Crippen LogP contribution in [-0.2, 0) is 11.3 Å². The number of hydrogen-bond donors (Lipinski definition) is 1. The minimum absolute atomic E-state index is 0.0612. The zero-order valence-corrected chi connectivity index (χ0v) is 18.4. The van der Waals surface area contributed by atoms with E-state index < -0.39 is 0 Å². The Morgan fingerprint density at radius 2 is 1.94 bits per heavy atom. The number of benzene rings is 1. The summed E-state index contributed by atoms with van der Waals surface area (Å²) in [7, 11) is 1.69. The summed E-state index contributed by atoms with van der Waals surface area (Å²) < 4.78 is 16.1. The lowest BCUT2D eigenvalue weighted by Crippen LogP contribution is -2.53. The number of piperazine rings is 1. The molecule has 1 amide bonds. The van der Waals surface area contributed by atoms with Crippen molar-refractivity contribution >= 4 is 11.9 Å². The summed E-state index contributed by atoms with van der Waals surface area (Å²) in [5.74, 6) is 2.03. The van der Waals surface area contributed by atoms with E-state index in [0.29, 0.717) is 38.6 Å². The number of aliphatic imine (C=N–C) groups is 1. The maximum Gasteiger partial charge on any atom is 0.289 e. The van der Waals surface area contributed by atoms with Crippen molar-refractivity contribution in [3.63, 3.8) is 0 Å². The molecule has 31 heavy (non-hydrogen) atoms. The molecule has 0 unspecified atom stereocenters. The predicted molar refractivity (Wildman–Crippen MR) is 119 cm³/mol. The van der Waals surface area contributed by atoms with E-state index in [1.807, 2.05) is 23.1 Å². The average molecular weight is 429 g/mol. The number of nitrogens with zero attached hydrogens (tertiary/aromatic N) is 3. The van der Waals surface area contributed by atoms with E-state index in [0.717, 1.165) is 43.3 Å². The highest BCUT2D eigenvalue weighted by atomic mass is 16.5. The molecule has 0 spiro atoms. The number of furan rings is 1. The molecule has 8 nitrogen and oxygen atoms in total. The first-order chi connectivity index (χ1) is 15.2. The van der Waals surface area contributed by atoms with Crippen LogP contribution in [0.25, 0.3) is 0 Å². The second-order valence-corrected chi connectivity index (χ2v) is 7.27. The Labute approximate surface area is 183 Å². The van der Waals surface area contributed by atoms with Gasteiger partial charge in [0.05, 0.1) is 19.4 Å². The van der Waals surface area contributed by atoms with Gasteiger partial charge in [0.1, 0.15) is 5.75 Å². The highest BCUT2D eigenvalue weighted by Crippen LogP contribution is 2.15. The van der Waals surface area contributed by atoms with Gasteiger partial charge < -0.3 is 29.0 Å². The van der Waals surface area contributed by atoms with Gasteiger partial charge in [0.2, 0.25) is 0 Å². The van der Waals surface area contributed by atoms with Crippen LogP contribution in [0.15, 0.2) is 52.1 Å². The third kappa shape index (κ3) is 6.75. The minimum atomic E-state index is -0.0612. The van der Waals surface area contributed by atoms with Gasteiger partial charge in [-0.15, -0.1) is 0 Å². The van der Waals surface area contributed by atoms with Crippen LogP contribution in [0.4, 0.5) is 0 Å². The van der Waals surface area contributed by atoms with Gasteiger partial charge in [-0.1, -0.05) is 12.1 Å². The maximum absolute atomic E-state index is 12.5. The van der Waals surface area contributed by atoms with Crippen LogP contribution in [0, 0.1) is 0 Å². The number of guanidine groups is 1. The molecular formula is C23H32N4O4. The van der Waals surface area contributed by atoms with E-state index in [1.165, 1.54) is 6.26 Å². The fraction of sp³-hybridized carbons (Fsp3) is 0.478. The van der Waals surface area contributed by atoms with Crippen molar-refractivity contribution in [1.29, 1.82) is 0 Å². The summed E-state index contributed by atoms with van der Waals surface area (Å²) in [6.45, 7) is 7.43. The second-order valence-electron chi connectivity index (χ2n) is 7.27. The van der Waals surface area contributed by atoms with Crippen molar-refractivity contribution in [2.75, 3.05) is 53.0 Å². The fourth-order valence-corrected chi connectivity index (χ4v) is 3.40. The molecule has 1 aromatic carbocycles. The molecule has 0 atom stereocenters. The summed E-state index contributed by atoms with van der Waals surface area (Å²) in [4.78, 5) is 21.3. The summed E-state index contributed by atoms with van der Waals surface area (Å²) in [6, 6.07) is 11.5. The lowest BCUT2D eigenvalue weighted by Gasteiger charge is -2.36. The van der Waals surface area contributed by atoms with Crippen molar-refractivity contribution in [2.45, 2.75) is 19.9 Å². The minimum Gasteiger partial charge on any atom is -0.493 e. The Balaban J connectivity index is 1.55. The highest BCUT2D eigenvalue weighted by molar-refractivity contribution is 5.91. The first-order valence-corrected chi connectivity index (χ1v) is 10.8. The lowest BCUT2D eigenvalue weighted by molar-refractivity contribution is 0.0657. The number of amides is 1. The van der Waals surface area contributed by atoms with Crippen LogP contribution in [0.2, 0.25) is 0 Å². The van der Waals surface area contributed by atoms with Crippen LogP contribution in [-0.4, -0.2) is 74.7 Å². The molecule has 1 saturated heterocycles. The summed E-state index contributed by atoms with van der Waals surface area (Å²) in [5, 5.41) is 3.37. The molecule has 2 heterocycles. The van der Waals surface area contributed by atoms with Gasteiger partial charge in [-0.3, -0.25) is 4.79 Å². The van der Waals surface area contributed by atoms with E-state index in [1.54, 1.807) is 19.2 Å². The van der Waals surface area contributed by atoms with E-state index in [9.17, 15) is 4.79 Å². The third-order valence-corrected chi connectivity index (χ3v) is 5.00. The summed E-state index contributed by atoms with van der Waals surface area (Å²) in [5.41, 5.74) is 1.09. The largest absolute Gasteiger partial charge is 0.493 e. The van der Waals surface area contributed by atoms with Crippen molar-refractivity contribution in [3.05, 3.63) is 54.0 Å². The summed E-state index contributed by atoms with van der Waals surface area (Å²) in [6.07, 6.45) is 2.39. The smallest absolute Gasteiger partial charge is 0.289 e. The van der Waals surface area contributed by atoms with Crippen LogP contribution < -0.4 is 10.1 Å². The zero-order chi connectivity index (χ0) is 21.9. The van der Waals surface area contributed by atoms with Gasteiger partial charge in [-0.2, -0.15) is 0 Å². The van der Waals surface area contributed by atoms with Gasteiger partial charge in [0, 0.05) is 52.9 Å². The zero-order valence-electron chi connectivity index (χ0n) is 18.4. The number of methoxy groups -OCH3 is 1.